The number of thiophene rings is 1. The highest BCUT2D eigenvalue weighted by atomic mass is 35.5. The summed E-state index contributed by atoms with van der Waals surface area (Å²) < 4.78 is 19.0. The van der Waals surface area contributed by atoms with Crippen LogP contribution in [0.25, 0.3) is 0 Å². The Hall–Kier alpha value is -1.30. The van der Waals surface area contributed by atoms with E-state index in [2.05, 4.69) is 5.32 Å². The molecule has 0 aliphatic rings. The summed E-state index contributed by atoms with van der Waals surface area (Å²) in [6.45, 7) is 1.03. The molecular formula is C15H14Cl2FNO2S. The van der Waals surface area contributed by atoms with Gasteiger partial charge in [0, 0.05) is 6.54 Å². The molecule has 118 valence electrons. The average Bonchev–Trinajstić information content (AvgIpc) is 2.83. The van der Waals surface area contributed by atoms with Crippen LogP contribution in [0.15, 0.2) is 30.3 Å². The van der Waals surface area contributed by atoms with Crippen molar-refractivity contribution in [2.45, 2.75) is 12.8 Å². The van der Waals surface area contributed by atoms with E-state index in [1.165, 1.54) is 23.5 Å². The van der Waals surface area contributed by atoms with E-state index in [0.717, 1.165) is 12.8 Å². The molecule has 22 heavy (non-hydrogen) atoms. The van der Waals surface area contributed by atoms with Crippen LogP contribution in [0.3, 0.4) is 0 Å². The Bertz CT molecular complexity index is 631. The van der Waals surface area contributed by atoms with Crippen molar-refractivity contribution < 1.29 is 13.9 Å². The minimum absolute atomic E-state index is 0.229. The van der Waals surface area contributed by atoms with Gasteiger partial charge in [0.2, 0.25) is 0 Å². The van der Waals surface area contributed by atoms with Crippen molar-refractivity contribution in [3.8, 4) is 5.75 Å². The summed E-state index contributed by atoms with van der Waals surface area (Å²) in [5, 5.41) is 2.78. The van der Waals surface area contributed by atoms with Crippen LogP contribution in [0.5, 0.6) is 5.75 Å². The maximum absolute atomic E-state index is 12.7. The summed E-state index contributed by atoms with van der Waals surface area (Å²) in [5.41, 5.74) is 0.402. The molecule has 0 bridgehead atoms. The first kappa shape index (κ1) is 17.1. The van der Waals surface area contributed by atoms with E-state index < -0.39 is 0 Å². The normalized spacial score (nSPS) is 10.5. The van der Waals surface area contributed by atoms with Gasteiger partial charge in [0.15, 0.2) is 0 Å². The van der Waals surface area contributed by atoms with Crippen molar-refractivity contribution >= 4 is 40.4 Å². The van der Waals surface area contributed by atoms with Crippen molar-refractivity contribution in [3.63, 3.8) is 0 Å². The predicted octanol–water partition coefficient (Wildman–Crippen LogP) is 4.78. The van der Waals surface area contributed by atoms with Gasteiger partial charge in [0.05, 0.1) is 16.5 Å². The molecule has 1 aromatic carbocycles. The predicted molar refractivity (Wildman–Crippen MR) is 87.8 cm³/mol. The second-order valence-corrected chi connectivity index (χ2v) is 6.79. The van der Waals surface area contributed by atoms with Gasteiger partial charge in [-0.15, -0.1) is 11.3 Å². The molecule has 2 aromatic rings. The highest BCUT2D eigenvalue weighted by Gasteiger charge is 2.13. The third-order valence-corrected chi connectivity index (χ3v) is 4.33. The van der Waals surface area contributed by atoms with Gasteiger partial charge in [-0.2, -0.15) is 0 Å². The Balaban J connectivity index is 1.62. The smallest absolute Gasteiger partial charge is 0.253 e. The maximum Gasteiger partial charge on any atom is 0.253 e. The lowest BCUT2D eigenvalue weighted by atomic mass is 10.3. The Morgan fingerprint density at radius 1 is 1.23 bits per heavy atom. The zero-order valence-electron chi connectivity index (χ0n) is 11.6. The summed E-state index contributed by atoms with van der Waals surface area (Å²) in [5.74, 6) is 0.111. The standard InChI is InChI=1S/C15H14Cl2FNO2S/c16-13-9-12(14(17)22-13)15(20)19-7-1-2-8-21-11-5-3-10(18)4-6-11/h3-6,9H,1-2,7-8H2,(H,19,20). The number of carbonyl (C=O) groups excluding carboxylic acids is 1. The number of hydrogen-bond acceptors (Lipinski definition) is 3. The largest absolute Gasteiger partial charge is 0.494 e. The first-order valence-electron chi connectivity index (χ1n) is 6.67. The molecule has 0 saturated heterocycles. The zero-order chi connectivity index (χ0) is 15.9. The van der Waals surface area contributed by atoms with E-state index >= 15 is 0 Å². The maximum atomic E-state index is 12.7. The average molecular weight is 362 g/mol. The number of benzene rings is 1. The van der Waals surface area contributed by atoms with E-state index in [1.807, 2.05) is 0 Å². The van der Waals surface area contributed by atoms with Crippen LogP contribution in [0.2, 0.25) is 8.67 Å². The molecule has 7 heteroatoms. The lowest BCUT2D eigenvalue weighted by Crippen LogP contribution is -2.24. The van der Waals surface area contributed by atoms with E-state index in [-0.39, 0.29) is 11.7 Å². The highest BCUT2D eigenvalue weighted by Crippen LogP contribution is 2.30. The molecule has 0 aliphatic heterocycles. The van der Waals surface area contributed by atoms with E-state index in [1.54, 1.807) is 18.2 Å². The fourth-order valence-corrected chi connectivity index (χ4v) is 3.20. The monoisotopic (exact) mass is 361 g/mol. The summed E-state index contributed by atoms with van der Waals surface area (Å²) in [4.78, 5) is 11.9. The van der Waals surface area contributed by atoms with Crippen LogP contribution in [0.1, 0.15) is 23.2 Å². The van der Waals surface area contributed by atoms with Crippen LogP contribution in [-0.4, -0.2) is 19.1 Å². The third kappa shape index (κ3) is 5.16. The van der Waals surface area contributed by atoms with Gasteiger partial charge in [0.25, 0.3) is 5.91 Å². The Labute approximate surface area is 142 Å². The number of carbonyl (C=O) groups is 1. The molecule has 1 amide bonds. The first-order valence-corrected chi connectivity index (χ1v) is 8.25. The molecule has 0 aliphatic carbocycles. The molecule has 0 atom stereocenters. The molecule has 0 radical (unpaired) electrons. The minimum Gasteiger partial charge on any atom is -0.494 e. The van der Waals surface area contributed by atoms with Gasteiger partial charge in [-0.1, -0.05) is 23.2 Å². The quantitative estimate of drug-likeness (QED) is 0.720. The second kappa shape index (κ2) is 8.36. The summed E-state index contributed by atoms with van der Waals surface area (Å²) in [6, 6.07) is 7.43. The molecule has 1 aromatic heterocycles. The van der Waals surface area contributed by atoms with Gasteiger partial charge in [0.1, 0.15) is 15.9 Å². The van der Waals surface area contributed by atoms with Gasteiger partial charge in [-0.25, -0.2) is 4.39 Å². The van der Waals surface area contributed by atoms with Crippen molar-refractivity contribution in [1.82, 2.24) is 5.32 Å². The Kier molecular flexibility index (Phi) is 6.49. The SMILES string of the molecule is O=C(NCCCCOc1ccc(F)cc1)c1cc(Cl)sc1Cl. The minimum atomic E-state index is -0.290. The van der Waals surface area contributed by atoms with Crippen LogP contribution < -0.4 is 10.1 Å². The van der Waals surface area contributed by atoms with Crippen LogP contribution in [0.4, 0.5) is 4.39 Å². The first-order chi connectivity index (χ1) is 10.6. The molecule has 0 spiro atoms. The topological polar surface area (TPSA) is 38.3 Å². The van der Waals surface area contributed by atoms with Crippen molar-refractivity contribution in [2.24, 2.45) is 0 Å². The molecule has 2 rings (SSSR count). The lowest BCUT2D eigenvalue weighted by Gasteiger charge is -2.07. The molecule has 0 fully saturated rings. The molecule has 1 heterocycles. The van der Waals surface area contributed by atoms with Gasteiger partial charge < -0.3 is 10.1 Å². The summed E-state index contributed by atoms with van der Waals surface area (Å²) in [6.07, 6.45) is 1.54. The van der Waals surface area contributed by atoms with Crippen molar-refractivity contribution in [3.05, 3.63) is 50.4 Å². The van der Waals surface area contributed by atoms with Crippen molar-refractivity contribution in [2.75, 3.05) is 13.2 Å². The molecule has 0 saturated carbocycles. The molecule has 0 unspecified atom stereocenters. The number of ether oxygens (including phenoxy) is 1. The molecule has 3 nitrogen and oxygen atoms in total. The summed E-state index contributed by atoms with van der Waals surface area (Å²) in [7, 11) is 0. The fourth-order valence-electron chi connectivity index (χ4n) is 1.74. The van der Waals surface area contributed by atoms with E-state index in [0.29, 0.717) is 33.1 Å². The Morgan fingerprint density at radius 3 is 2.59 bits per heavy atom. The van der Waals surface area contributed by atoms with Crippen LogP contribution >= 0.6 is 34.5 Å². The number of hydrogen-bond donors (Lipinski definition) is 1. The molecular weight excluding hydrogens is 348 g/mol. The highest BCUT2D eigenvalue weighted by molar-refractivity contribution is 7.20. The van der Waals surface area contributed by atoms with E-state index in [4.69, 9.17) is 27.9 Å². The van der Waals surface area contributed by atoms with Gasteiger partial charge >= 0.3 is 0 Å². The second-order valence-electron chi connectivity index (χ2n) is 4.50. The Morgan fingerprint density at radius 2 is 1.95 bits per heavy atom. The number of nitrogens with one attached hydrogen (secondary N) is 1. The van der Waals surface area contributed by atoms with E-state index in [9.17, 15) is 9.18 Å². The van der Waals surface area contributed by atoms with Crippen LogP contribution in [0, 0.1) is 5.82 Å². The van der Waals surface area contributed by atoms with Gasteiger partial charge in [-0.05, 0) is 43.2 Å². The summed E-state index contributed by atoms with van der Waals surface area (Å²) >= 11 is 12.9. The number of halogens is 3. The third-order valence-electron chi connectivity index (χ3n) is 2.84. The fraction of sp³-hybridized carbons (Fsp3) is 0.267. The number of unbranched alkanes of at least 4 members (excludes halogenated alkanes) is 1. The number of amides is 1. The zero-order valence-corrected chi connectivity index (χ0v) is 13.9. The van der Waals surface area contributed by atoms with Crippen LogP contribution in [-0.2, 0) is 0 Å². The van der Waals surface area contributed by atoms with Crippen molar-refractivity contribution in [1.29, 1.82) is 0 Å². The van der Waals surface area contributed by atoms with Gasteiger partial charge in [-0.3, -0.25) is 4.79 Å². The lowest BCUT2D eigenvalue weighted by molar-refractivity contribution is 0.0953. The molecule has 1 N–H and O–H groups in total. The number of rotatable bonds is 7.